The number of benzene rings is 2. The van der Waals surface area contributed by atoms with E-state index in [0.29, 0.717) is 0 Å². The molecule has 2 aromatic rings. The van der Waals surface area contributed by atoms with Crippen molar-refractivity contribution >= 4 is 59.4 Å². The van der Waals surface area contributed by atoms with Gasteiger partial charge in [-0.3, -0.25) is 0 Å². The van der Waals surface area contributed by atoms with Gasteiger partial charge in [0.2, 0.25) is 0 Å². The molecule has 0 radical (unpaired) electrons. The Bertz CT molecular complexity index is 554. The van der Waals surface area contributed by atoms with Crippen LogP contribution in [0.15, 0.2) is 51.4 Å². The minimum Gasteiger partial charge on any atom is -0.0835 e. The lowest BCUT2D eigenvalue weighted by Crippen LogP contribution is -1.95. The lowest BCUT2D eigenvalue weighted by molar-refractivity contribution is 0.947. The molecule has 0 bridgehead atoms. The third-order valence-corrected chi connectivity index (χ3v) is 5.17. The first-order chi connectivity index (χ1) is 8.56. The summed E-state index contributed by atoms with van der Waals surface area (Å²) in [6.45, 7) is 0. The first kappa shape index (κ1) is 14.6. The normalized spacial score (nSPS) is 12.4. The van der Waals surface area contributed by atoms with E-state index < -0.39 is 0 Å². The van der Waals surface area contributed by atoms with Crippen molar-refractivity contribution < 1.29 is 0 Å². The molecule has 0 saturated carbocycles. The summed E-state index contributed by atoms with van der Waals surface area (Å²) in [4.78, 5) is 0.278. The second-order valence-corrected chi connectivity index (χ2v) is 7.26. The van der Waals surface area contributed by atoms with Gasteiger partial charge in [-0.1, -0.05) is 61.7 Å². The predicted octanol–water partition coefficient (Wildman–Crippen LogP) is 6.54. The van der Waals surface area contributed by atoms with Crippen LogP contribution in [0.4, 0.5) is 0 Å². The van der Waals surface area contributed by atoms with Gasteiger partial charge in [0.15, 0.2) is 0 Å². The maximum Gasteiger partial charge on any atom is 0.0548 e. The minimum atomic E-state index is 0.278. The molecule has 2 aromatic carbocycles. The zero-order valence-electron chi connectivity index (χ0n) is 9.34. The zero-order chi connectivity index (χ0) is 13.1. The summed E-state index contributed by atoms with van der Waals surface area (Å²) in [5.41, 5.74) is 2.50. The van der Waals surface area contributed by atoms with Crippen LogP contribution in [0, 0.1) is 0 Å². The second kappa shape index (κ2) is 6.56. The summed E-state index contributed by atoms with van der Waals surface area (Å²) in [7, 11) is 0. The van der Waals surface area contributed by atoms with Crippen LogP contribution in [0.5, 0.6) is 0 Å². The fourth-order valence-electron chi connectivity index (χ4n) is 1.70. The molecule has 0 N–H and O–H groups in total. The molecule has 0 aliphatic heterocycles. The Kier molecular flexibility index (Phi) is 5.31. The van der Waals surface area contributed by atoms with Crippen molar-refractivity contribution in [3.05, 3.63) is 67.6 Å². The Morgan fingerprint density at radius 2 is 1.83 bits per heavy atom. The third kappa shape index (κ3) is 3.83. The van der Waals surface area contributed by atoms with E-state index in [9.17, 15) is 0 Å². The molecule has 2 rings (SSSR count). The van der Waals surface area contributed by atoms with Gasteiger partial charge in [0.1, 0.15) is 0 Å². The zero-order valence-corrected chi connectivity index (χ0v) is 14.9. The Morgan fingerprint density at radius 3 is 2.50 bits per heavy atom. The van der Waals surface area contributed by atoms with Gasteiger partial charge in [0, 0.05) is 13.8 Å². The largest absolute Gasteiger partial charge is 0.0835 e. The maximum atomic E-state index is 6.00. The van der Waals surface area contributed by atoms with Crippen molar-refractivity contribution in [2.75, 3.05) is 0 Å². The van der Waals surface area contributed by atoms with Crippen LogP contribution in [0.25, 0.3) is 0 Å². The molecule has 18 heavy (non-hydrogen) atoms. The molecular weight excluding hydrogens is 443 g/mol. The quantitative estimate of drug-likeness (QED) is 0.463. The van der Waals surface area contributed by atoms with Crippen molar-refractivity contribution in [1.82, 2.24) is 0 Å². The molecule has 0 nitrogen and oxygen atoms in total. The van der Waals surface area contributed by atoms with Crippen molar-refractivity contribution in [2.45, 2.75) is 11.2 Å². The molecule has 0 saturated heterocycles. The molecule has 0 aliphatic rings. The molecule has 0 aromatic heterocycles. The molecule has 0 amide bonds. The summed E-state index contributed by atoms with van der Waals surface area (Å²) < 4.78 is 2.04. The van der Waals surface area contributed by atoms with Crippen LogP contribution in [-0.4, -0.2) is 0 Å². The highest BCUT2D eigenvalue weighted by atomic mass is 79.9. The predicted molar refractivity (Wildman–Crippen MR) is 88.7 cm³/mol. The fourth-order valence-corrected chi connectivity index (χ4v) is 3.32. The molecule has 0 fully saturated rings. The highest BCUT2D eigenvalue weighted by Crippen LogP contribution is 2.32. The molecule has 94 valence electrons. The number of hydrogen-bond donors (Lipinski definition) is 0. The molecule has 1 unspecified atom stereocenters. The number of hydrogen-bond acceptors (Lipinski definition) is 0. The van der Waals surface area contributed by atoms with Gasteiger partial charge in [0.25, 0.3) is 0 Å². The summed E-state index contributed by atoms with van der Waals surface area (Å²) >= 11 is 16.7. The first-order valence-electron chi connectivity index (χ1n) is 5.40. The SMILES string of the molecule is Clc1ccc(C(Br)Cc2cccc(Br)c2)cc1Br. The highest BCUT2D eigenvalue weighted by molar-refractivity contribution is 9.11. The van der Waals surface area contributed by atoms with E-state index in [1.165, 1.54) is 11.1 Å². The first-order valence-corrected chi connectivity index (χ1v) is 8.27. The summed E-state index contributed by atoms with van der Waals surface area (Å²) in [6.07, 6.45) is 0.938. The van der Waals surface area contributed by atoms with Gasteiger partial charge >= 0.3 is 0 Å². The summed E-state index contributed by atoms with van der Waals surface area (Å²) in [5.74, 6) is 0. The van der Waals surface area contributed by atoms with Crippen LogP contribution in [0.3, 0.4) is 0 Å². The van der Waals surface area contributed by atoms with E-state index in [4.69, 9.17) is 11.6 Å². The van der Waals surface area contributed by atoms with E-state index in [1.54, 1.807) is 0 Å². The van der Waals surface area contributed by atoms with Crippen LogP contribution < -0.4 is 0 Å². The molecule has 4 heteroatoms. The number of alkyl halides is 1. The number of halogens is 4. The van der Waals surface area contributed by atoms with E-state index in [-0.39, 0.29) is 4.83 Å². The van der Waals surface area contributed by atoms with Gasteiger partial charge < -0.3 is 0 Å². The summed E-state index contributed by atoms with van der Waals surface area (Å²) in [5, 5.41) is 0.737. The van der Waals surface area contributed by atoms with Gasteiger partial charge in [0.05, 0.1) is 5.02 Å². The van der Waals surface area contributed by atoms with Crippen LogP contribution in [0.1, 0.15) is 16.0 Å². The van der Waals surface area contributed by atoms with Crippen molar-refractivity contribution in [2.24, 2.45) is 0 Å². The molecule has 0 spiro atoms. The van der Waals surface area contributed by atoms with E-state index in [0.717, 1.165) is 20.4 Å². The molecular formula is C14H10Br3Cl. The van der Waals surface area contributed by atoms with Crippen molar-refractivity contribution in [3.63, 3.8) is 0 Å². The van der Waals surface area contributed by atoms with Crippen LogP contribution in [-0.2, 0) is 6.42 Å². The smallest absolute Gasteiger partial charge is 0.0548 e. The van der Waals surface area contributed by atoms with Gasteiger partial charge in [-0.2, -0.15) is 0 Å². The fraction of sp³-hybridized carbons (Fsp3) is 0.143. The number of rotatable bonds is 3. The summed E-state index contributed by atoms with van der Waals surface area (Å²) in [6, 6.07) is 14.4. The Balaban J connectivity index is 2.16. The second-order valence-electron chi connectivity index (χ2n) is 3.98. The average molecular weight is 453 g/mol. The topological polar surface area (TPSA) is 0 Å². The Labute approximate surface area is 137 Å². The molecule has 1 atom stereocenters. The van der Waals surface area contributed by atoms with Gasteiger partial charge in [-0.15, -0.1) is 0 Å². The third-order valence-electron chi connectivity index (χ3n) is 2.61. The lowest BCUT2D eigenvalue weighted by atomic mass is 10.0. The van der Waals surface area contributed by atoms with E-state index in [1.807, 2.05) is 18.2 Å². The van der Waals surface area contributed by atoms with E-state index in [2.05, 4.69) is 72.1 Å². The molecule has 0 heterocycles. The van der Waals surface area contributed by atoms with Gasteiger partial charge in [-0.05, 0) is 57.7 Å². The van der Waals surface area contributed by atoms with E-state index >= 15 is 0 Å². The average Bonchev–Trinajstić information content (AvgIpc) is 2.32. The van der Waals surface area contributed by atoms with Crippen molar-refractivity contribution in [3.8, 4) is 0 Å². The molecule has 0 aliphatic carbocycles. The Morgan fingerprint density at radius 1 is 1.06 bits per heavy atom. The van der Waals surface area contributed by atoms with Crippen molar-refractivity contribution in [1.29, 1.82) is 0 Å². The Hall–Kier alpha value is 0.170. The van der Waals surface area contributed by atoms with Crippen LogP contribution >= 0.6 is 59.4 Å². The highest BCUT2D eigenvalue weighted by Gasteiger charge is 2.10. The minimum absolute atomic E-state index is 0.278. The lowest BCUT2D eigenvalue weighted by Gasteiger charge is -2.11. The van der Waals surface area contributed by atoms with Crippen LogP contribution in [0.2, 0.25) is 5.02 Å². The maximum absolute atomic E-state index is 6.00. The monoisotopic (exact) mass is 450 g/mol. The standard InChI is InChI=1S/C14H10Br3Cl/c15-11-3-1-2-9(6-11)7-12(16)10-4-5-14(18)13(17)8-10/h1-6,8,12H,7H2. The van der Waals surface area contributed by atoms with Gasteiger partial charge in [-0.25, -0.2) is 0 Å².